The molecule has 0 fully saturated rings. The normalized spacial score (nSPS) is 10.7. The first-order valence-corrected chi connectivity index (χ1v) is 7.08. The second-order valence-electron chi connectivity index (χ2n) is 5.07. The summed E-state index contributed by atoms with van der Waals surface area (Å²) in [5.74, 6) is 0.678. The molecule has 3 rings (SSSR count). The summed E-state index contributed by atoms with van der Waals surface area (Å²) in [5.41, 5.74) is 8.14. The number of nitrogens with two attached hydrogens (primary N) is 1. The van der Waals surface area contributed by atoms with E-state index >= 15 is 0 Å². The van der Waals surface area contributed by atoms with Gasteiger partial charge >= 0.3 is 0 Å². The number of nitrogens with zero attached hydrogens (tertiary/aromatic N) is 4. The molecule has 0 saturated carbocycles. The molecule has 0 bridgehead atoms. The van der Waals surface area contributed by atoms with Gasteiger partial charge in [-0.3, -0.25) is 9.48 Å². The molecular weight excluding hydrogens is 294 g/mol. The zero-order chi connectivity index (χ0) is 16.4. The molecule has 0 spiro atoms. The van der Waals surface area contributed by atoms with Gasteiger partial charge in [-0.05, 0) is 17.7 Å². The second-order valence-corrected chi connectivity index (χ2v) is 5.07. The summed E-state index contributed by atoms with van der Waals surface area (Å²) in [5, 5.41) is 10.6. The van der Waals surface area contributed by atoms with Crippen LogP contribution in [0.15, 0.2) is 30.5 Å². The lowest BCUT2D eigenvalue weighted by molar-refractivity contribution is 0.0963. The number of aromatic nitrogens is 4. The van der Waals surface area contributed by atoms with Crippen molar-refractivity contribution >= 4 is 28.7 Å². The van der Waals surface area contributed by atoms with E-state index < -0.39 is 0 Å². The molecule has 8 nitrogen and oxygen atoms in total. The molecule has 3 aromatic rings. The SMILES string of the molecule is CNC(=O)c1cccc(CNc2nc(N)c3cnn(C)c3n2)c1. The number of amides is 1. The molecule has 4 N–H and O–H groups in total. The maximum absolute atomic E-state index is 11.7. The van der Waals surface area contributed by atoms with Crippen molar-refractivity contribution in [3.8, 4) is 0 Å². The predicted octanol–water partition coefficient (Wildman–Crippen LogP) is 0.917. The Labute approximate surface area is 132 Å². The quantitative estimate of drug-likeness (QED) is 0.660. The number of benzene rings is 1. The molecule has 0 unspecified atom stereocenters. The van der Waals surface area contributed by atoms with E-state index in [1.54, 1.807) is 31.0 Å². The van der Waals surface area contributed by atoms with E-state index in [2.05, 4.69) is 25.7 Å². The van der Waals surface area contributed by atoms with Gasteiger partial charge in [-0.25, -0.2) is 0 Å². The van der Waals surface area contributed by atoms with Crippen LogP contribution in [0.4, 0.5) is 11.8 Å². The van der Waals surface area contributed by atoms with E-state index in [-0.39, 0.29) is 5.91 Å². The van der Waals surface area contributed by atoms with Crippen molar-refractivity contribution in [2.45, 2.75) is 6.54 Å². The first-order valence-electron chi connectivity index (χ1n) is 7.08. The van der Waals surface area contributed by atoms with Crippen LogP contribution in [-0.2, 0) is 13.6 Å². The molecule has 0 saturated heterocycles. The summed E-state index contributed by atoms with van der Waals surface area (Å²) in [6.45, 7) is 0.480. The maximum Gasteiger partial charge on any atom is 0.251 e. The van der Waals surface area contributed by atoms with Gasteiger partial charge in [0.25, 0.3) is 5.91 Å². The van der Waals surface area contributed by atoms with E-state index in [1.165, 1.54) is 0 Å². The van der Waals surface area contributed by atoms with E-state index in [0.717, 1.165) is 10.9 Å². The molecule has 23 heavy (non-hydrogen) atoms. The third kappa shape index (κ3) is 2.91. The van der Waals surface area contributed by atoms with Crippen LogP contribution in [0.5, 0.6) is 0 Å². The van der Waals surface area contributed by atoms with Gasteiger partial charge in [0, 0.05) is 26.2 Å². The minimum Gasteiger partial charge on any atom is -0.383 e. The summed E-state index contributed by atoms with van der Waals surface area (Å²) in [6.07, 6.45) is 1.64. The summed E-state index contributed by atoms with van der Waals surface area (Å²) >= 11 is 0. The molecule has 0 aliphatic rings. The highest BCUT2D eigenvalue weighted by molar-refractivity contribution is 5.94. The lowest BCUT2D eigenvalue weighted by Crippen LogP contribution is -2.18. The van der Waals surface area contributed by atoms with Crippen LogP contribution in [0.3, 0.4) is 0 Å². The van der Waals surface area contributed by atoms with Crippen molar-refractivity contribution in [3.05, 3.63) is 41.6 Å². The van der Waals surface area contributed by atoms with E-state index in [0.29, 0.717) is 29.5 Å². The number of fused-ring (bicyclic) bond motifs is 1. The number of hydrogen-bond donors (Lipinski definition) is 3. The monoisotopic (exact) mass is 311 g/mol. The summed E-state index contributed by atoms with van der Waals surface area (Å²) < 4.78 is 1.64. The highest BCUT2D eigenvalue weighted by atomic mass is 16.1. The Kier molecular flexibility index (Phi) is 3.80. The van der Waals surface area contributed by atoms with Crippen LogP contribution in [0.1, 0.15) is 15.9 Å². The summed E-state index contributed by atoms with van der Waals surface area (Å²) in [4.78, 5) is 20.3. The average molecular weight is 311 g/mol. The van der Waals surface area contributed by atoms with Crippen molar-refractivity contribution in [1.82, 2.24) is 25.1 Å². The number of carbonyl (C=O) groups is 1. The second kappa shape index (κ2) is 5.91. The van der Waals surface area contributed by atoms with Gasteiger partial charge in [0.1, 0.15) is 5.82 Å². The summed E-state index contributed by atoms with van der Waals surface area (Å²) in [7, 11) is 3.40. The zero-order valence-corrected chi connectivity index (χ0v) is 12.9. The van der Waals surface area contributed by atoms with E-state index in [1.807, 2.05) is 18.2 Å². The van der Waals surface area contributed by atoms with Crippen LogP contribution in [0.25, 0.3) is 11.0 Å². The molecule has 1 aromatic carbocycles. The number of nitrogen functional groups attached to an aromatic ring is 1. The lowest BCUT2D eigenvalue weighted by Gasteiger charge is -2.08. The molecule has 0 aliphatic heterocycles. The number of nitrogens with one attached hydrogen (secondary N) is 2. The molecule has 0 aliphatic carbocycles. The first kappa shape index (κ1) is 14.8. The number of carbonyl (C=O) groups excluding carboxylic acids is 1. The predicted molar refractivity (Wildman–Crippen MR) is 87.9 cm³/mol. The Hall–Kier alpha value is -3.16. The minimum atomic E-state index is -0.122. The highest BCUT2D eigenvalue weighted by Gasteiger charge is 2.09. The van der Waals surface area contributed by atoms with Crippen LogP contribution in [0, 0.1) is 0 Å². The Balaban J connectivity index is 1.81. The van der Waals surface area contributed by atoms with E-state index in [4.69, 9.17) is 5.73 Å². The Morgan fingerprint density at radius 2 is 2.17 bits per heavy atom. The van der Waals surface area contributed by atoms with Crippen LogP contribution >= 0.6 is 0 Å². The van der Waals surface area contributed by atoms with Crippen LogP contribution in [-0.4, -0.2) is 32.7 Å². The Bertz CT molecular complexity index is 871. The van der Waals surface area contributed by atoms with Crippen molar-refractivity contribution in [2.24, 2.45) is 7.05 Å². The molecule has 8 heteroatoms. The fourth-order valence-corrected chi connectivity index (χ4v) is 2.27. The zero-order valence-electron chi connectivity index (χ0n) is 12.9. The van der Waals surface area contributed by atoms with Gasteiger partial charge in [0.15, 0.2) is 5.65 Å². The highest BCUT2D eigenvalue weighted by Crippen LogP contribution is 2.18. The third-order valence-corrected chi connectivity index (χ3v) is 3.49. The lowest BCUT2D eigenvalue weighted by atomic mass is 10.1. The van der Waals surface area contributed by atoms with Gasteiger partial charge in [0.2, 0.25) is 5.95 Å². The van der Waals surface area contributed by atoms with Crippen molar-refractivity contribution < 1.29 is 4.79 Å². The van der Waals surface area contributed by atoms with Gasteiger partial charge in [-0.2, -0.15) is 15.1 Å². The Morgan fingerprint density at radius 1 is 1.35 bits per heavy atom. The van der Waals surface area contributed by atoms with Gasteiger partial charge < -0.3 is 16.4 Å². The fourth-order valence-electron chi connectivity index (χ4n) is 2.27. The van der Waals surface area contributed by atoms with Gasteiger partial charge in [0.05, 0.1) is 11.6 Å². The largest absolute Gasteiger partial charge is 0.383 e. The van der Waals surface area contributed by atoms with Crippen molar-refractivity contribution in [1.29, 1.82) is 0 Å². The minimum absolute atomic E-state index is 0.122. The smallest absolute Gasteiger partial charge is 0.251 e. The molecule has 1 amide bonds. The van der Waals surface area contributed by atoms with Crippen LogP contribution < -0.4 is 16.4 Å². The summed E-state index contributed by atoms with van der Waals surface area (Å²) in [6, 6.07) is 7.34. The molecule has 2 aromatic heterocycles. The molecule has 118 valence electrons. The fraction of sp³-hybridized carbons (Fsp3) is 0.200. The molecule has 0 atom stereocenters. The molecule has 0 radical (unpaired) electrons. The Morgan fingerprint density at radius 3 is 2.96 bits per heavy atom. The van der Waals surface area contributed by atoms with Crippen LogP contribution in [0.2, 0.25) is 0 Å². The average Bonchev–Trinajstić information content (AvgIpc) is 2.94. The number of aryl methyl sites for hydroxylation is 1. The van der Waals surface area contributed by atoms with E-state index in [9.17, 15) is 4.79 Å². The maximum atomic E-state index is 11.7. The van der Waals surface area contributed by atoms with Gasteiger partial charge in [-0.1, -0.05) is 12.1 Å². The molecule has 2 heterocycles. The number of anilines is 2. The van der Waals surface area contributed by atoms with Gasteiger partial charge in [-0.15, -0.1) is 0 Å². The topological polar surface area (TPSA) is 111 Å². The van der Waals surface area contributed by atoms with Crippen molar-refractivity contribution in [2.75, 3.05) is 18.1 Å². The number of rotatable bonds is 4. The standard InChI is InChI=1S/C15H17N7O/c1-17-14(23)10-5-3-4-9(6-10)7-18-15-20-12(16)11-8-19-22(2)13(11)21-15/h3-6,8H,7H2,1-2H3,(H,17,23)(H3,16,18,20,21). The number of hydrogen-bond acceptors (Lipinski definition) is 6. The first-order chi connectivity index (χ1) is 11.1. The molecular formula is C15H17N7O. The third-order valence-electron chi connectivity index (χ3n) is 3.49. The van der Waals surface area contributed by atoms with Crippen molar-refractivity contribution in [3.63, 3.8) is 0 Å².